The zero-order valence-corrected chi connectivity index (χ0v) is 13.0. The molecule has 0 saturated heterocycles. The minimum atomic E-state index is 0.230. The number of aliphatic imine (C=N–C) groups is 1. The molecule has 0 amide bonds. The summed E-state index contributed by atoms with van der Waals surface area (Å²) in [5.41, 5.74) is 1.73. The Morgan fingerprint density at radius 1 is 1.00 bits per heavy atom. The molecule has 0 heterocycles. The quantitative estimate of drug-likeness (QED) is 0.791. The number of rotatable bonds is 7. The van der Waals surface area contributed by atoms with Crippen molar-refractivity contribution in [3.8, 4) is 17.2 Å². The van der Waals surface area contributed by atoms with Crippen LogP contribution in [0.5, 0.6) is 17.2 Å². The van der Waals surface area contributed by atoms with Crippen LogP contribution in [0.25, 0.3) is 0 Å². The van der Waals surface area contributed by atoms with Crippen molar-refractivity contribution in [2.75, 3.05) is 13.2 Å². The lowest BCUT2D eigenvalue weighted by Crippen LogP contribution is -1.99. The number of benzene rings is 2. The number of hydrogen-bond acceptors (Lipinski definition) is 4. The molecule has 0 aliphatic heterocycles. The monoisotopic (exact) mass is 299 g/mol. The van der Waals surface area contributed by atoms with Crippen molar-refractivity contribution in [2.45, 2.75) is 20.4 Å². The van der Waals surface area contributed by atoms with Crippen LogP contribution in [0.4, 0.5) is 0 Å². The van der Waals surface area contributed by atoms with Gasteiger partial charge < -0.3 is 14.6 Å². The van der Waals surface area contributed by atoms with E-state index < -0.39 is 0 Å². The van der Waals surface area contributed by atoms with Gasteiger partial charge in [-0.2, -0.15) is 0 Å². The molecule has 0 aliphatic rings. The van der Waals surface area contributed by atoms with Gasteiger partial charge in [0.05, 0.1) is 19.8 Å². The van der Waals surface area contributed by atoms with Crippen LogP contribution in [-0.2, 0) is 6.54 Å². The molecule has 0 fully saturated rings. The summed E-state index contributed by atoms with van der Waals surface area (Å²) in [7, 11) is 0. The van der Waals surface area contributed by atoms with Gasteiger partial charge in [-0.05, 0) is 43.7 Å². The van der Waals surface area contributed by atoms with Crippen molar-refractivity contribution in [1.29, 1.82) is 0 Å². The number of hydrogen-bond donors (Lipinski definition) is 1. The molecule has 0 aliphatic carbocycles. The summed E-state index contributed by atoms with van der Waals surface area (Å²) < 4.78 is 11.1. The third kappa shape index (κ3) is 4.25. The fourth-order valence-corrected chi connectivity index (χ4v) is 2.04. The number of phenols is 1. The molecule has 2 aromatic rings. The van der Waals surface area contributed by atoms with E-state index in [0.717, 1.165) is 17.1 Å². The molecule has 2 rings (SSSR count). The van der Waals surface area contributed by atoms with Gasteiger partial charge in [0.25, 0.3) is 0 Å². The highest BCUT2D eigenvalue weighted by atomic mass is 16.5. The molecular formula is C18H21NO3. The van der Waals surface area contributed by atoms with Crippen molar-refractivity contribution < 1.29 is 14.6 Å². The van der Waals surface area contributed by atoms with Crippen LogP contribution in [0.3, 0.4) is 0 Å². The standard InChI is InChI=1S/C18H21NO3/c1-3-21-17-10-9-14(11-18(17)22-4-2)12-19-13-15-7-5-6-8-16(15)20/h5-11,13,20H,3-4,12H2,1-2H3. The maximum Gasteiger partial charge on any atom is 0.161 e. The maximum atomic E-state index is 9.69. The molecule has 22 heavy (non-hydrogen) atoms. The summed E-state index contributed by atoms with van der Waals surface area (Å²) in [6, 6.07) is 12.9. The largest absolute Gasteiger partial charge is 0.507 e. The lowest BCUT2D eigenvalue weighted by Gasteiger charge is -2.11. The smallest absolute Gasteiger partial charge is 0.161 e. The summed E-state index contributed by atoms with van der Waals surface area (Å²) in [6.07, 6.45) is 1.67. The number of aromatic hydroxyl groups is 1. The molecule has 116 valence electrons. The molecule has 1 N–H and O–H groups in total. The van der Waals surface area contributed by atoms with E-state index in [0.29, 0.717) is 25.3 Å². The van der Waals surface area contributed by atoms with Crippen LogP contribution in [0.2, 0.25) is 0 Å². The first-order valence-electron chi connectivity index (χ1n) is 7.41. The van der Waals surface area contributed by atoms with Crippen LogP contribution in [0, 0.1) is 0 Å². The molecule has 0 bridgehead atoms. The van der Waals surface area contributed by atoms with Crippen molar-refractivity contribution in [2.24, 2.45) is 4.99 Å². The Balaban J connectivity index is 2.09. The average Bonchev–Trinajstić information content (AvgIpc) is 2.52. The molecule has 0 aromatic heterocycles. The zero-order valence-electron chi connectivity index (χ0n) is 13.0. The molecule has 0 saturated carbocycles. The first-order chi connectivity index (χ1) is 10.7. The number of phenolic OH excluding ortho intramolecular Hbond substituents is 1. The normalized spacial score (nSPS) is 10.8. The second kappa shape index (κ2) is 8.08. The summed E-state index contributed by atoms with van der Waals surface area (Å²) in [5, 5.41) is 9.69. The maximum absolute atomic E-state index is 9.69. The van der Waals surface area contributed by atoms with Gasteiger partial charge in [0.1, 0.15) is 5.75 Å². The second-order valence-corrected chi connectivity index (χ2v) is 4.68. The summed E-state index contributed by atoms with van der Waals surface area (Å²) in [6.45, 7) is 5.59. The average molecular weight is 299 g/mol. The SMILES string of the molecule is CCOc1ccc(CN=Cc2ccccc2O)cc1OCC. The van der Waals surface area contributed by atoms with Gasteiger partial charge in [-0.3, -0.25) is 4.99 Å². The molecule has 4 heteroatoms. The molecule has 4 nitrogen and oxygen atoms in total. The Morgan fingerprint density at radius 3 is 2.45 bits per heavy atom. The van der Waals surface area contributed by atoms with Crippen LogP contribution in [0.1, 0.15) is 25.0 Å². The van der Waals surface area contributed by atoms with Gasteiger partial charge in [-0.25, -0.2) is 0 Å². The van der Waals surface area contributed by atoms with E-state index >= 15 is 0 Å². The Morgan fingerprint density at radius 2 is 1.73 bits per heavy atom. The van der Waals surface area contributed by atoms with Gasteiger partial charge >= 0.3 is 0 Å². The van der Waals surface area contributed by atoms with E-state index in [4.69, 9.17) is 9.47 Å². The summed E-state index contributed by atoms with van der Waals surface area (Å²) in [5.74, 6) is 1.71. The Bertz CT molecular complexity index is 638. The summed E-state index contributed by atoms with van der Waals surface area (Å²) in [4.78, 5) is 4.37. The number of ether oxygens (including phenoxy) is 2. The first kappa shape index (κ1) is 15.9. The van der Waals surface area contributed by atoms with Gasteiger partial charge in [-0.1, -0.05) is 18.2 Å². The number of para-hydroxylation sites is 1. The molecular weight excluding hydrogens is 278 g/mol. The zero-order chi connectivity index (χ0) is 15.8. The van der Waals surface area contributed by atoms with E-state index in [9.17, 15) is 5.11 Å². The van der Waals surface area contributed by atoms with Crippen molar-refractivity contribution in [3.63, 3.8) is 0 Å². The lowest BCUT2D eigenvalue weighted by atomic mass is 10.2. The van der Waals surface area contributed by atoms with Gasteiger partial charge in [0.15, 0.2) is 11.5 Å². The Kier molecular flexibility index (Phi) is 5.83. The third-order valence-electron chi connectivity index (χ3n) is 3.05. The predicted molar refractivity (Wildman–Crippen MR) is 88.2 cm³/mol. The van der Waals surface area contributed by atoms with E-state index in [1.807, 2.05) is 44.2 Å². The summed E-state index contributed by atoms with van der Waals surface area (Å²) >= 11 is 0. The van der Waals surface area contributed by atoms with Gasteiger partial charge in [0.2, 0.25) is 0 Å². The highest BCUT2D eigenvalue weighted by Crippen LogP contribution is 2.28. The predicted octanol–water partition coefficient (Wildman–Crippen LogP) is 3.81. The first-order valence-corrected chi connectivity index (χ1v) is 7.41. The third-order valence-corrected chi connectivity index (χ3v) is 3.05. The second-order valence-electron chi connectivity index (χ2n) is 4.68. The van der Waals surface area contributed by atoms with E-state index in [1.54, 1.807) is 18.3 Å². The lowest BCUT2D eigenvalue weighted by molar-refractivity contribution is 0.287. The highest BCUT2D eigenvalue weighted by molar-refractivity contribution is 5.83. The fraction of sp³-hybridized carbons (Fsp3) is 0.278. The van der Waals surface area contributed by atoms with Gasteiger partial charge in [-0.15, -0.1) is 0 Å². The van der Waals surface area contributed by atoms with Crippen LogP contribution in [-0.4, -0.2) is 24.5 Å². The number of nitrogens with zero attached hydrogens (tertiary/aromatic N) is 1. The van der Waals surface area contributed by atoms with Gasteiger partial charge in [0, 0.05) is 11.8 Å². The minimum absolute atomic E-state index is 0.230. The van der Waals surface area contributed by atoms with Crippen molar-refractivity contribution >= 4 is 6.21 Å². The molecule has 0 spiro atoms. The minimum Gasteiger partial charge on any atom is -0.507 e. The molecule has 2 aromatic carbocycles. The fourth-order valence-electron chi connectivity index (χ4n) is 2.04. The van der Waals surface area contributed by atoms with Crippen LogP contribution in [0.15, 0.2) is 47.5 Å². The topological polar surface area (TPSA) is 51.0 Å². The molecule has 0 atom stereocenters. The van der Waals surface area contributed by atoms with Crippen LogP contribution >= 0.6 is 0 Å². The van der Waals surface area contributed by atoms with E-state index in [2.05, 4.69) is 4.99 Å². The van der Waals surface area contributed by atoms with Crippen molar-refractivity contribution in [3.05, 3.63) is 53.6 Å². The highest BCUT2D eigenvalue weighted by Gasteiger charge is 2.05. The van der Waals surface area contributed by atoms with E-state index in [1.165, 1.54) is 0 Å². The van der Waals surface area contributed by atoms with Crippen LogP contribution < -0.4 is 9.47 Å². The Labute approximate surface area is 131 Å². The molecule has 0 unspecified atom stereocenters. The molecule has 0 radical (unpaired) electrons. The van der Waals surface area contributed by atoms with Crippen molar-refractivity contribution in [1.82, 2.24) is 0 Å². The van der Waals surface area contributed by atoms with E-state index in [-0.39, 0.29) is 5.75 Å². The Hall–Kier alpha value is -2.49.